The number of rotatable bonds is 8. The van der Waals surface area contributed by atoms with E-state index in [9.17, 15) is 9.90 Å². The molecule has 1 atom stereocenters. The first kappa shape index (κ1) is 25.7. The molecule has 3 aromatic rings. The molecule has 3 aromatic heterocycles. The van der Waals surface area contributed by atoms with Crippen molar-refractivity contribution < 1.29 is 14.6 Å². The molecule has 1 amide bonds. The summed E-state index contributed by atoms with van der Waals surface area (Å²) in [5.41, 5.74) is 3.16. The monoisotopic (exact) mass is 509 g/mol. The van der Waals surface area contributed by atoms with E-state index < -0.39 is 5.54 Å². The molecule has 0 unspecified atom stereocenters. The molecule has 1 aliphatic carbocycles. The second kappa shape index (κ2) is 10.4. The van der Waals surface area contributed by atoms with Crippen molar-refractivity contribution in [1.29, 1.82) is 0 Å². The van der Waals surface area contributed by atoms with E-state index in [1.165, 1.54) is 0 Å². The lowest BCUT2D eigenvalue weighted by atomic mass is 9.85. The van der Waals surface area contributed by atoms with Crippen LogP contribution in [0.5, 0.6) is 0 Å². The minimum Gasteiger partial charge on any atom is -0.393 e. The van der Waals surface area contributed by atoms with Crippen molar-refractivity contribution in [3.63, 3.8) is 0 Å². The summed E-state index contributed by atoms with van der Waals surface area (Å²) in [7, 11) is 1.68. The first-order valence-corrected chi connectivity index (χ1v) is 13.4. The molecule has 0 bridgehead atoms. The van der Waals surface area contributed by atoms with Gasteiger partial charge in [0.2, 0.25) is 11.9 Å². The SMILES string of the molecule is COC[C@H](C)Nc1ncc2c(-c3cnn(C(C)(C)C(=O)N4CCCC4)c3)cc([C@H]3CC[C@H](O)CC3)n2n1. The normalized spacial score (nSPS) is 21.5. The maximum atomic E-state index is 13.2. The van der Waals surface area contributed by atoms with Crippen LogP contribution in [0.25, 0.3) is 16.6 Å². The second-order valence-electron chi connectivity index (χ2n) is 11.1. The topological polar surface area (TPSA) is 110 Å². The lowest BCUT2D eigenvalue weighted by Gasteiger charge is -2.29. The number of ether oxygens (including phenoxy) is 1. The van der Waals surface area contributed by atoms with E-state index in [4.69, 9.17) is 9.84 Å². The molecule has 5 rings (SSSR count). The Bertz CT molecular complexity index is 1240. The van der Waals surface area contributed by atoms with E-state index in [-0.39, 0.29) is 18.1 Å². The maximum Gasteiger partial charge on any atom is 0.249 e. The molecule has 0 spiro atoms. The molecule has 4 heterocycles. The highest BCUT2D eigenvalue weighted by Crippen LogP contribution is 2.38. The van der Waals surface area contributed by atoms with E-state index in [1.54, 1.807) is 11.8 Å². The van der Waals surface area contributed by atoms with Gasteiger partial charge in [-0.1, -0.05) is 0 Å². The van der Waals surface area contributed by atoms with E-state index in [0.717, 1.165) is 74.0 Å². The van der Waals surface area contributed by atoms with Gasteiger partial charge < -0.3 is 20.1 Å². The number of aliphatic hydroxyl groups excluding tert-OH is 1. The van der Waals surface area contributed by atoms with E-state index in [1.807, 2.05) is 48.8 Å². The summed E-state index contributed by atoms with van der Waals surface area (Å²) in [5.74, 6) is 0.948. The van der Waals surface area contributed by atoms with Crippen LogP contribution in [0.15, 0.2) is 24.7 Å². The van der Waals surface area contributed by atoms with Crippen LogP contribution >= 0.6 is 0 Å². The Labute approximate surface area is 218 Å². The number of aromatic nitrogens is 5. The second-order valence-corrected chi connectivity index (χ2v) is 11.1. The molecule has 10 heteroatoms. The van der Waals surface area contributed by atoms with Crippen molar-refractivity contribution in [2.24, 2.45) is 0 Å². The molecular weight excluding hydrogens is 470 g/mol. The van der Waals surface area contributed by atoms with Gasteiger partial charge >= 0.3 is 0 Å². The average Bonchev–Trinajstić information content (AvgIpc) is 3.64. The number of aliphatic hydroxyl groups is 1. The van der Waals surface area contributed by atoms with Crippen molar-refractivity contribution in [2.45, 2.75) is 82.9 Å². The van der Waals surface area contributed by atoms with Crippen LogP contribution in [0.1, 0.15) is 70.9 Å². The van der Waals surface area contributed by atoms with Gasteiger partial charge in [-0.25, -0.2) is 9.50 Å². The van der Waals surface area contributed by atoms with Crippen molar-refractivity contribution in [2.75, 3.05) is 32.1 Å². The van der Waals surface area contributed by atoms with Gasteiger partial charge in [-0.15, -0.1) is 5.10 Å². The largest absolute Gasteiger partial charge is 0.393 e. The zero-order chi connectivity index (χ0) is 26.2. The van der Waals surface area contributed by atoms with Crippen LogP contribution in [0.2, 0.25) is 0 Å². The predicted molar refractivity (Wildman–Crippen MR) is 142 cm³/mol. The van der Waals surface area contributed by atoms with Gasteiger partial charge in [0.25, 0.3) is 0 Å². The lowest BCUT2D eigenvalue weighted by molar-refractivity contribution is -0.138. The summed E-state index contributed by atoms with van der Waals surface area (Å²) in [5, 5.41) is 22.9. The summed E-state index contributed by atoms with van der Waals surface area (Å²) >= 11 is 0. The molecule has 1 saturated carbocycles. The minimum atomic E-state index is -0.772. The summed E-state index contributed by atoms with van der Waals surface area (Å²) in [6, 6.07) is 2.25. The van der Waals surface area contributed by atoms with Gasteiger partial charge in [0, 0.05) is 55.2 Å². The van der Waals surface area contributed by atoms with Crippen molar-refractivity contribution in [1.82, 2.24) is 29.3 Å². The summed E-state index contributed by atoms with van der Waals surface area (Å²) < 4.78 is 9.02. The lowest BCUT2D eigenvalue weighted by Crippen LogP contribution is -2.46. The molecule has 200 valence electrons. The van der Waals surface area contributed by atoms with E-state index in [0.29, 0.717) is 18.5 Å². The molecule has 37 heavy (non-hydrogen) atoms. The van der Waals surface area contributed by atoms with Crippen LogP contribution in [0.4, 0.5) is 5.95 Å². The molecule has 0 aromatic carbocycles. The van der Waals surface area contributed by atoms with Gasteiger partial charge in [-0.05, 0) is 65.4 Å². The molecule has 2 aliphatic rings. The third-order valence-electron chi connectivity index (χ3n) is 7.83. The quantitative estimate of drug-likeness (QED) is 0.479. The molecule has 1 aliphatic heterocycles. The molecule has 2 fully saturated rings. The van der Waals surface area contributed by atoms with Crippen LogP contribution in [0.3, 0.4) is 0 Å². The van der Waals surface area contributed by atoms with Crippen LogP contribution < -0.4 is 5.32 Å². The Morgan fingerprint density at radius 3 is 2.65 bits per heavy atom. The van der Waals surface area contributed by atoms with Crippen LogP contribution in [0, 0.1) is 0 Å². The maximum absolute atomic E-state index is 13.2. The van der Waals surface area contributed by atoms with Gasteiger partial charge in [-0.2, -0.15) is 5.10 Å². The Morgan fingerprint density at radius 2 is 1.95 bits per heavy atom. The van der Waals surface area contributed by atoms with Crippen molar-refractivity contribution >= 4 is 17.4 Å². The number of amides is 1. The molecule has 2 N–H and O–H groups in total. The van der Waals surface area contributed by atoms with E-state index >= 15 is 0 Å². The summed E-state index contributed by atoms with van der Waals surface area (Å²) in [6.07, 6.45) is 10.9. The van der Waals surface area contributed by atoms with E-state index in [2.05, 4.69) is 21.5 Å². The zero-order valence-corrected chi connectivity index (χ0v) is 22.4. The highest BCUT2D eigenvalue weighted by Gasteiger charge is 2.36. The number of nitrogens with zero attached hydrogens (tertiary/aromatic N) is 6. The Kier molecular flexibility index (Phi) is 7.22. The van der Waals surface area contributed by atoms with Gasteiger partial charge in [0.05, 0.1) is 30.6 Å². The number of anilines is 1. The third-order valence-corrected chi connectivity index (χ3v) is 7.83. The fourth-order valence-electron chi connectivity index (χ4n) is 5.66. The molecular formula is C27H39N7O3. The summed E-state index contributed by atoms with van der Waals surface area (Å²) in [6.45, 7) is 8.08. The number of carbonyl (C=O) groups excluding carboxylic acids is 1. The zero-order valence-electron chi connectivity index (χ0n) is 22.4. The van der Waals surface area contributed by atoms with Crippen LogP contribution in [-0.4, -0.2) is 79.2 Å². The number of hydrogen-bond acceptors (Lipinski definition) is 7. The number of nitrogens with one attached hydrogen (secondary N) is 1. The number of hydrogen-bond donors (Lipinski definition) is 2. The van der Waals surface area contributed by atoms with Crippen LogP contribution in [-0.2, 0) is 15.1 Å². The van der Waals surface area contributed by atoms with Gasteiger partial charge in [0.15, 0.2) is 0 Å². The summed E-state index contributed by atoms with van der Waals surface area (Å²) in [4.78, 5) is 19.8. The van der Waals surface area contributed by atoms with Crippen molar-refractivity contribution in [3.8, 4) is 11.1 Å². The van der Waals surface area contributed by atoms with Gasteiger partial charge in [0.1, 0.15) is 5.54 Å². The molecule has 0 radical (unpaired) electrons. The molecule has 10 nitrogen and oxygen atoms in total. The smallest absolute Gasteiger partial charge is 0.249 e. The Balaban J connectivity index is 1.51. The minimum absolute atomic E-state index is 0.0689. The fourth-order valence-corrected chi connectivity index (χ4v) is 5.66. The average molecular weight is 510 g/mol. The standard InChI is InChI=1S/C27H39N7O3/c1-18(17-37-4)30-26-28-15-24-22(13-23(34(24)31-26)19-7-9-21(35)10-8-19)20-14-29-33(16-20)27(2,3)25(36)32-11-5-6-12-32/h13-16,18-19,21,35H,5-12,17H2,1-4H3,(H,30,31)/t18-,19-,21-/m0/s1. The Hall–Kier alpha value is -2.98. The molecule has 1 saturated heterocycles. The van der Waals surface area contributed by atoms with Crippen molar-refractivity contribution in [3.05, 3.63) is 30.4 Å². The van der Waals surface area contributed by atoms with Gasteiger partial charge in [-0.3, -0.25) is 9.48 Å². The first-order valence-electron chi connectivity index (χ1n) is 13.4. The number of carbonyl (C=O) groups is 1. The number of likely N-dealkylation sites (tertiary alicyclic amines) is 1. The highest BCUT2D eigenvalue weighted by molar-refractivity contribution is 5.85. The highest BCUT2D eigenvalue weighted by atomic mass is 16.5. The first-order chi connectivity index (χ1) is 17.8. The third kappa shape index (κ3) is 5.09. The Morgan fingerprint density at radius 1 is 1.22 bits per heavy atom. The number of methoxy groups -OCH3 is 1. The fraction of sp³-hybridized carbons (Fsp3) is 0.630. The number of fused-ring (bicyclic) bond motifs is 1. The predicted octanol–water partition coefficient (Wildman–Crippen LogP) is 3.42.